The van der Waals surface area contributed by atoms with Crippen LogP contribution in [0.4, 0.5) is 0 Å². The van der Waals surface area contributed by atoms with Crippen molar-refractivity contribution < 1.29 is 9.32 Å². The maximum absolute atomic E-state index is 10.9. The number of aromatic nitrogens is 1. The van der Waals surface area contributed by atoms with E-state index in [0.717, 1.165) is 11.3 Å². The Hall–Kier alpha value is -1.46. The van der Waals surface area contributed by atoms with E-state index in [9.17, 15) is 4.79 Å². The third kappa shape index (κ3) is 3.75. The van der Waals surface area contributed by atoms with Gasteiger partial charge < -0.3 is 10.3 Å². The summed E-state index contributed by atoms with van der Waals surface area (Å²) in [7, 11) is 0. The predicted molar refractivity (Wildman–Crippen MR) is 76.9 cm³/mol. The van der Waals surface area contributed by atoms with Crippen LogP contribution < -0.4 is 5.73 Å². The van der Waals surface area contributed by atoms with E-state index in [1.165, 1.54) is 11.8 Å². The molecule has 1 atom stereocenters. The fourth-order valence-electron chi connectivity index (χ4n) is 1.43. The summed E-state index contributed by atoms with van der Waals surface area (Å²) in [4.78, 5) is 10.9. The summed E-state index contributed by atoms with van der Waals surface area (Å²) in [6, 6.07) is 9.21. The number of halogens is 1. The molecule has 0 saturated heterocycles. The molecule has 4 nitrogen and oxygen atoms in total. The predicted octanol–water partition coefficient (Wildman–Crippen LogP) is 3.10. The topological polar surface area (TPSA) is 69.1 Å². The van der Waals surface area contributed by atoms with Gasteiger partial charge in [0.1, 0.15) is 11.5 Å². The van der Waals surface area contributed by atoms with Gasteiger partial charge in [0.25, 0.3) is 0 Å². The summed E-state index contributed by atoms with van der Waals surface area (Å²) in [5.74, 6) is 0.940. The van der Waals surface area contributed by atoms with Crippen LogP contribution in [0.25, 0.3) is 11.3 Å². The van der Waals surface area contributed by atoms with Crippen LogP contribution in [0, 0.1) is 0 Å². The fraction of sp³-hybridized carbons (Fsp3) is 0.231. The molecule has 0 bridgehead atoms. The van der Waals surface area contributed by atoms with Crippen LogP contribution in [0.15, 0.2) is 34.9 Å². The quantitative estimate of drug-likeness (QED) is 0.920. The van der Waals surface area contributed by atoms with E-state index < -0.39 is 0 Å². The van der Waals surface area contributed by atoms with E-state index in [4.69, 9.17) is 21.9 Å². The normalized spacial score (nSPS) is 12.3. The van der Waals surface area contributed by atoms with Crippen molar-refractivity contribution >= 4 is 29.3 Å². The molecule has 1 aromatic heterocycles. The van der Waals surface area contributed by atoms with E-state index in [2.05, 4.69) is 5.16 Å². The number of rotatable bonds is 5. The smallest absolute Gasteiger partial charge is 0.230 e. The average molecular weight is 297 g/mol. The Balaban J connectivity index is 2.03. The van der Waals surface area contributed by atoms with Gasteiger partial charge in [0.2, 0.25) is 5.91 Å². The van der Waals surface area contributed by atoms with Crippen molar-refractivity contribution in [2.75, 3.05) is 0 Å². The summed E-state index contributed by atoms with van der Waals surface area (Å²) in [5, 5.41) is 4.42. The molecule has 0 saturated carbocycles. The Morgan fingerprint density at radius 1 is 1.47 bits per heavy atom. The Labute approximate surface area is 120 Å². The van der Waals surface area contributed by atoms with Crippen molar-refractivity contribution in [2.24, 2.45) is 5.73 Å². The number of carbonyl (C=O) groups is 1. The number of nitrogens with two attached hydrogens (primary N) is 1. The van der Waals surface area contributed by atoms with Gasteiger partial charge in [0.05, 0.1) is 11.0 Å². The minimum absolute atomic E-state index is 0.246. The van der Waals surface area contributed by atoms with Gasteiger partial charge in [-0.25, -0.2) is 0 Å². The van der Waals surface area contributed by atoms with Gasteiger partial charge in [-0.05, 0) is 19.1 Å². The van der Waals surface area contributed by atoms with Crippen LogP contribution in [0.3, 0.4) is 0 Å². The molecule has 0 radical (unpaired) electrons. The summed E-state index contributed by atoms with van der Waals surface area (Å²) in [6.07, 6.45) is 0. The van der Waals surface area contributed by atoms with Crippen molar-refractivity contribution in [3.63, 3.8) is 0 Å². The zero-order chi connectivity index (χ0) is 13.8. The highest BCUT2D eigenvalue weighted by atomic mass is 35.5. The Morgan fingerprint density at radius 2 is 2.16 bits per heavy atom. The lowest BCUT2D eigenvalue weighted by Crippen LogP contribution is -2.22. The zero-order valence-electron chi connectivity index (χ0n) is 10.3. The SMILES string of the molecule is C[C@H](SCc1cc(-c2ccc(Cl)cc2)no1)C(N)=O. The van der Waals surface area contributed by atoms with Gasteiger partial charge in [0, 0.05) is 16.7 Å². The number of amides is 1. The number of hydrogen-bond donors (Lipinski definition) is 1. The highest BCUT2D eigenvalue weighted by Crippen LogP contribution is 2.24. The molecule has 2 rings (SSSR count). The standard InChI is InChI=1S/C13H13ClN2O2S/c1-8(13(15)17)19-7-11-6-12(16-18-11)9-2-4-10(14)5-3-9/h2-6,8H,7H2,1H3,(H2,15,17)/t8-/m0/s1. The maximum atomic E-state index is 10.9. The van der Waals surface area contributed by atoms with Crippen LogP contribution >= 0.6 is 23.4 Å². The van der Waals surface area contributed by atoms with Gasteiger partial charge in [-0.15, -0.1) is 11.8 Å². The summed E-state index contributed by atoms with van der Waals surface area (Å²) >= 11 is 7.25. The van der Waals surface area contributed by atoms with Gasteiger partial charge in [-0.3, -0.25) is 4.79 Å². The number of thioether (sulfide) groups is 1. The Morgan fingerprint density at radius 3 is 2.79 bits per heavy atom. The first-order chi connectivity index (χ1) is 9.06. The van der Waals surface area contributed by atoms with Gasteiger partial charge >= 0.3 is 0 Å². The molecule has 2 aromatic rings. The average Bonchev–Trinajstić information content (AvgIpc) is 2.85. The monoisotopic (exact) mass is 296 g/mol. The van der Waals surface area contributed by atoms with Crippen LogP contribution in [-0.4, -0.2) is 16.3 Å². The highest BCUT2D eigenvalue weighted by Gasteiger charge is 2.12. The van der Waals surface area contributed by atoms with E-state index in [-0.39, 0.29) is 11.2 Å². The van der Waals surface area contributed by atoms with E-state index in [1.807, 2.05) is 18.2 Å². The van der Waals surface area contributed by atoms with Crippen molar-refractivity contribution in [3.05, 3.63) is 41.1 Å². The lowest BCUT2D eigenvalue weighted by atomic mass is 10.1. The Bertz CT molecular complexity index is 568. The number of benzene rings is 1. The summed E-state index contributed by atoms with van der Waals surface area (Å²) < 4.78 is 5.22. The van der Waals surface area contributed by atoms with Gasteiger partial charge in [0.15, 0.2) is 0 Å². The molecule has 0 unspecified atom stereocenters. The largest absolute Gasteiger partial charge is 0.369 e. The van der Waals surface area contributed by atoms with Crippen molar-refractivity contribution in [3.8, 4) is 11.3 Å². The molecule has 0 fully saturated rings. The van der Waals surface area contributed by atoms with Gasteiger partial charge in [-0.2, -0.15) is 0 Å². The molecule has 0 spiro atoms. The molecule has 0 aliphatic heterocycles. The second-order valence-electron chi connectivity index (χ2n) is 4.04. The molecule has 19 heavy (non-hydrogen) atoms. The highest BCUT2D eigenvalue weighted by molar-refractivity contribution is 7.99. The van der Waals surface area contributed by atoms with Crippen LogP contribution in [0.5, 0.6) is 0 Å². The summed E-state index contributed by atoms with van der Waals surface area (Å²) in [5.41, 5.74) is 6.88. The van der Waals surface area contributed by atoms with Crippen LogP contribution in [-0.2, 0) is 10.5 Å². The molecule has 6 heteroatoms. The first kappa shape index (κ1) is 14.0. The molecule has 1 amide bonds. The molecule has 1 aromatic carbocycles. The minimum atomic E-state index is -0.331. The van der Waals surface area contributed by atoms with Crippen molar-refractivity contribution in [1.82, 2.24) is 5.16 Å². The molecule has 1 heterocycles. The first-order valence-electron chi connectivity index (χ1n) is 5.68. The fourth-order valence-corrected chi connectivity index (χ4v) is 2.27. The maximum Gasteiger partial charge on any atom is 0.230 e. The van der Waals surface area contributed by atoms with E-state index >= 15 is 0 Å². The second-order valence-corrected chi connectivity index (χ2v) is 5.81. The third-order valence-corrected chi connectivity index (χ3v) is 4.01. The third-order valence-electron chi connectivity index (χ3n) is 2.58. The Kier molecular flexibility index (Phi) is 4.50. The number of carbonyl (C=O) groups excluding carboxylic acids is 1. The minimum Gasteiger partial charge on any atom is -0.369 e. The lowest BCUT2D eigenvalue weighted by Gasteiger charge is -2.03. The molecule has 100 valence electrons. The molecular formula is C13H13ClN2O2S. The molecule has 2 N–H and O–H groups in total. The van der Waals surface area contributed by atoms with Crippen LogP contribution in [0.1, 0.15) is 12.7 Å². The van der Waals surface area contributed by atoms with E-state index in [1.54, 1.807) is 19.1 Å². The summed E-state index contributed by atoms with van der Waals surface area (Å²) in [6.45, 7) is 1.77. The van der Waals surface area contributed by atoms with E-state index in [0.29, 0.717) is 16.5 Å². The molecular weight excluding hydrogens is 284 g/mol. The van der Waals surface area contributed by atoms with Crippen molar-refractivity contribution in [1.29, 1.82) is 0 Å². The molecule has 0 aliphatic carbocycles. The first-order valence-corrected chi connectivity index (χ1v) is 7.11. The number of hydrogen-bond acceptors (Lipinski definition) is 4. The zero-order valence-corrected chi connectivity index (χ0v) is 11.9. The van der Waals surface area contributed by atoms with Gasteiger partial charge in [-0.1, -0.05) is 28.9 Å². The second kappa shape index (κ2) is 6.12. The lowest BCUT2D eigenvalue weighted by molar-refractivity contribution is -0.117. The number of nitrogens with zero attached hydrogens (tertiary/aromatic N) is 1. The van der Waals surface area contributed by atoms with Crippen molar-refractivity contribution in [2.45, 2.75) is 17.9 Å². The number of primary amides is 1. The van der Waals surface area contributed by atoms with Crippen LogP contribution in [0.2, 0.25) is 5.02 Å². The molecule has 0 aliphatic rings.